The Bertz CT molecular complexity index is 635. The lowest BCUT2D eigenvalue weighted by atomic mass is 9.99. The molecular formula is C19H28N2O2S. The molecule has 0 radical (unpaired) electrons. The molecule has 24 heavy (non-hydrogen) atoms. The fraction of sp³-hybridized carbons (Fsp3) is 0.526. The molecule has 0 aliphatic heterocycles. The first-order valence-corrected chi connectivity index (χ1v) is 9.34. The minimum Gasteiger partial charge on any atom is -0.493 e. The number of nitrogens with two attached hydrogens (primary N) is 1. The van der Waals surface area contributed by atoms with Crippen molar-refractivity contribution in [1.82, 2.24) is 4.98 Å². The van der Waals surface area contributed by atoms with Crippen LogP contribution in [0.15, 0.2) is 18.2 Å². The van der Waals surface area contributed by atoms with E-state index in [1.54, 1.807) is 18.4 Å². The first-order chi connectivity index (χ1) is 11.6. The number of unbranched alkanes of at least 4 members (excludes halogenated alkanes) is 1. The van der Waals surface area contributed by atoms with Crippen molar-refractivity contribution in [3.8, 4) is 11.5 Å². The van der Waals surface area contributed by atoms with E-state index in [9.17, 15) is 0 Å². The lowest BCUT2D eigenvalue weighted by Gasteiger charge is -2.15. The molecular weight excluding hydrogens is 320 g/mol. The van der Waals surface area contributed by atoms with Gasteiger partial charge in [-0.25, -0.2) is 4.98 Å². The number of nitrogens with zero attached hydrogens (tertiary/aromatic N) is 1. The van der Waals surface area contributed by atoms with Gasteiger partial charge in [0.05, 0.1) is 24.4 Å². The summed E-state index contributed by atoms with van der Waals surface area (Å²) in [4.78, 5) is 5.93. The molecule has 2 N–H and O–H groups in total. The number of rotatable bonds is 9. The molecule has 2 rings (SSSR count). The molecule has 1 aromatic carbocycles. The van der Waals surface area contributed by atoms with Crippen molar-refractivity contribution in [2.45, 2.75) is 46.0 Å². The molecule has 0 spiro atoms. The first kappa shape index (κ1) is 18.7. The summed E-state index contributed by atoms with van der Waals surface area (Å²) < 4.78 is 11.3. The standard InChI is InChI=1S/C19H28N2O2S/c1-5-6-9-23-17-8-7-15(11-18(17)22-4)10-16(12-20)19-21-13(2)14(3)24-19/h7-8,11,16H,5-6,9-10,12,20H2,1-4H3. The van der Waals surface area contributed by atoms with Crippen LogP contribution in [0.3, 0.4) is 0 Å². The Morgan fingerprint density at radius 2 is 2.04 bits per heavy atom. The van der Waals surface area contributed by atoms with Crippen molar-refractivity contribution in [3.63, 3.8) is 0 Å². The number of benzene rings is 1. The first-order valence-electron chi connectivity index (χ1n) is 8.52. The number of hydrogen-bond donors (Lipinski definition) is 1. The molecule has 1 heterocycles. The summed E-state index contributed by atoms with van der Waals surface area (Å²) in [6.45, 7) is 7.61. The van der Waals surface area contributed by atoms with Gasteiger partial charge in [0.1, 0.15) is 0 Å². The third-order valence-electron chi connectivity index (χ3n) is 4.14. The average molecular weight is 349 g/mol. The number of aryl methyl sites for hydroxylation is 2. The van der Waals surface area contributed by atoms with E-state index in [1.165, 1.54) is 10.4 Å². The zero-order valence-corrected chi connectivity index (χ0v) is 15.9. The maximum absolute atomic E-state index is 6.00. The Labute approximate surface area is 149 Å². The topological polar surface area (TPSA) is 57.4 Å². The Balaban J connectivity index is 2.12. The SMILES string of the molecule is CCCCOc1ccc(CC(CN)c2nc(C)c(C)s2)cc1OC. The quantitative estimate of drug-likeness (QED) is 0.689. The van der Waals surface area contributed by atoms with Gasteiger partial charge in [-0.2, -0.15) is 0 Å². The molecule has 4 nitrogen and oxygen atoms in total. The Kier molecular flexibility index (Phi) is 7.06. The molecule has 0 aliphatic carbocycles. The molecule has 1 unspecified atom stereocenters. The minimum absolute atomic E-state index is 0.235. The molecule has 0 fully saturated rings. The van der Waals surface area contributed by atoms with Crippen LogP contribution in [0, 0.1) is 13.8 Å². The Morgan fingerprint density at radius 1 is 1.25 bits per heavy atom. The highest BCUT2D eigenvalue weighted by atomic mass is 32.1. The zero-order chi connectivity index (χ0) is 17.5. The third-order valence-corrected chi connectivity index (χ3v) is 5.38. The monoisotopic (exact) mass is 348 g/mol. The second-order valence-corrected chi connectivity index (χ2v) is 7.25. The summed E-state index contributed by atoms with van der Waals surface area (Å²) >= 11 is 1.75. The molecule has 1 atom stereocenters. The molecule has 0 aliphatic rings. The van der Waals surface area contributed by atoms with Gasteiger partial charge in [0.25, 0.3) is 0 Å². The largest absolute Gasteiger partial charge is 0.493 e. The summed E-state index contributed by atoms with van der Waals surface area (Å²) in [5, 5.41) is 1.12. The fourth-order valence-corrected chi connectivity index (χ4v) is 3.55. The average Bonchev–Trinajstić information content (AvgIpc) is 2.92. The van der Waals surface area contributed by atoms with Crippen molar-refractivity contribution in [2.24, 2.45) is 5.73 Å². The molecule has 0 saturated heterocycles. The lowest BCUT2D eigenvalue weighted by Crippen LogP contribution is -2.15. The molecule has 2 aromatic rings. The van der Waals surface area contributed by atoms with Crippen molar-refractivity contribution in [1.29, 1.82) is 0 Å². The minimum atomic E-state index is 0.235. The van der Waals surface area contributed by atoms with E-state index in [-0.39, 0.29) is 5.92 Å². The second kappa shape index (κ2) is 9.04. The van der Waals surface area contributed by atoms with E-state index in [0.717, 1.165) is 48.1 Å². The van der Waals surface area contributed by atoms with Gasteiger partial charge in [-0.1, -0.05) is 19.4 Å². The maximum Gasteiger partial charge on any atom is 0.161 e. The summed E-state index contributed by atoms with van der Waals surface area (Å²) in [5.41, 5.74) is 8.30. The normalized spacial score (nSPS) is 12.2. The molecule has 5 heteroatoms. The van der Waals surface area contributed by atoms with E-state index >= 15 is 0 Å². The van der Waals surface area contributed by atoms with Crippen LogP contribution in [0.5, 0.6) is 11.5 Å². The van der Waals surface area contributed by atoms with E-state index in [0.29, 0.717) is 6.54 Å². The van der Waals surface area contributed by atoms with E-state index in [2.05, 4.69) is 31.0 Å². The van der Waals surface area contributed by atoms with Gasteiger partial charge in [-0.3, -0.25) is 0 Å². The van der Waals surface area contributed by atoms with Crippen LogP contribution in [-0.2, 0) is 6.42 Å². The molecule has 132 valence electrons. The van der Waals surface area contributed by atoms with Crippen molar-refractivity contribution in [3.05, 3.63) is 39.3 Å². The van der Waals surface area contributed by atoms with Gasteiger partial charge in [-0.05, 0) is 44.4 Å². The predicted molar refractivity (Wildman–Crippen MR) is 100 cm³/mol. The molecule has 0 amide bonds. The number of methoxy groups -OCH3 is 1. The number of hydrogen-bond acceptors (Lipinski definition) is 5. The summed E-state index contributed by atoms with van der Waals surface area (Å²) in [5.74, 6) is 1.82. The van der Waals surface area contributed by atoms with E-state index in [1.807, 2.05) is 13.0 Å². The predicted octanol–water partition coefficient (Wildman–Crippen LogP) is 4.23. The smallest absolute Gasteiger partial charge is 0.161 e. The van der Waals surface area contributed by atoms with Crippen LogP contribution >= 0.6 is 11.3 Å². The molecule has 0 bridgehead atoms. The van der Waals surface area contributed by atoms with Gasteiger partial charge < -0.3 is 15.2 Å². The van der Waals surface area contributed by atoms with Crippen molar-refractivity contribution < 1.29 is 9.47 Å². The van der Waals surface area contributed by atoms with Crippen LogP contribution in [0.25, 0.3) is 0 Å². The van der Waals surface area contributed by atoms with Crippen LogP contribution in [0.4, 0.5) is 0 Å². The Morgan fingerprint density at radius 3 is 2.62 bits per heavy atom. The maximum atomic E-state index is 6.00. The van der Waals surface area contributed by atoms with Crippen molar-refractivity contribution in [2.75, 3.05) is 20.3 Å². The van der Waals surface area contributed by atoms with Crippen molar-refractivity contribution >= 4 is 11.3 Å². The van der Waals surface area contributed by atoms with Crippen LogP contribution < -0.4 is 15.2 Å². The van der Waals surface area contributed by atoms with Gasteiger partial charge >= 0.3 is 0 Å². The van der Waals surface area contributed by atoms with Gasteiger partial charge in [0, 0.05) is 17.3 Å². The summed E-state index contributed by atoms with van der Waals surface area (Å²) in [6.07, 6.45) is 3.02. The number of thiazole rings is 1. The highest BCUT2D eigenvalue weighted by Crippen LogP contribution is 2.32. The Hall–Kier alpha value is -1.59. The second-order valence-electron chi connectivity index (χ2n) is 6.02. The zero-order valence-electron chi connectivity index (χ0n) is 15.1. The highest BCUT2D eigenvalue weighted by Gasteiger charge is 2.17. The lowest BCUT2D eigenvalue weighted by molar-refractivity contribution is 0.288. The summed E-state index contributed by atoms with van der Waals surface area (Å²) in [6, 6.07) is 6.15. The number of ether oxygens (including phenoxy) is 2. The fourth-order valence-electron chi connectivity index (χ4n) is 2.51. The van der Waals surface area contributed by atoms with Crippen LogP contribution in [0.2, 0.25) is 0 Å². The van der Waals surface area contributed by atoms with Gasteiger partial charge in [-0.15, -0.1) is 11.3 Å². The third kappa shape index (κ3) is 4.71. The highest BCUT2D eigenvalue weighted by molar-refractivity contribution is 7.11. The molecule has 1 aromatic heterocycles. The number of aromatic nitrogens is 1. The molecule has 0 saturated carbocycles. The van der Waals surface area contributed by atoms with Gasteiger partial charge in [0.2, 0.25) is 0 Å². The van der Waals surface area contributed by atoms with E-state index < -0.39 is 0 Å². The summed E-state index contributed by atoms with van der Waals surface area (Å²) in [7, 11) is 1.68. The van der Waals surface area contributed by atoms with Crippen LogP contribution in [-0.4, -0.2) is 25.2 Å². The van der Waals surface area contributed by atoms with Crippen LogP contribution in [0.1, 0.15) is 46.8 Å². The van der Waals surface area contributed by atoms with E-state index in [4.69, 9.17) is 15.2 Å². The van der Waals surface area contributed by atoms with Gasteiger partial charge in [0.15, 0.2) is 11.5 Å².